The first-order valence-corrected chi connectivity index (χ1v) is 11.8. The number of Topliss-reactive ketones (excluding diaryl/α,β-unsaturated/α-hetero) is 1. The highest BCUT2D eigenvalue weighted by atomic mass is 16.5. The molecule has 0 spiro atoms. The minimum atomic E-state index is -0.633. The molecule has 0 aromatic heterocycles. The highest BCUT2D eigenvalue weighted by molar-refractivity contribution is 6.03. The van der Waals surface area contributed by atoms with Gasteiger partial charge < -0.3 is 29.0 Å². The van der Waals surface area contributed by atoms with Crippen LogP contribution in [0.5, 0.6) is 23.0 Å². The molecule has 8 nitrogen and oxygen atoms in total. The van der Waals surface area contributed by atoms with Crippen LogP contribution in [-0.2, 0) is 20.9 Å². The lowest BCUT2D eigenvalue weighted by atomic mass is 9.75. The number of esters is 1. The summed E-state index contributed by atoms with van der Waals surface area (Å²) in [6, 6.07) is 10.9. The number of hydrogen-bond donors (Lipinski definition) is 1. The van der Waals surface area contributed by atoms with Crippen LogP contribution in [0, 0.1) is 0 Å². The molecule has 0 bridgehead atoms. The van der Waals surface area contributed by atoms with Crippen molar-refractivity contribution >= 4 is 11.8 Å². The van der Waals surface area contributed by atoms with Crippen molar-refractivity contribution in [1.29, 1.82) is 0 Å². The van der Waals surface area contributed by atoms with Crippen molar-refractivity contribution in [2.45, 2.75) is 38.7 Å². The number of nitrogens with one attached hydrogen (secondary N) is 1. The van der Waals surface area contributed by atoms with Gasteiger partial charge in [0.15, 0.2) is 17.3 Å². The highest BCUT2D eigenvalue weighted by Gasteiger charge is 2.40. The van der Waals surface area contributed by atoms with E-state index in [0.29, 0.717) is 46.1 Å². The minimum absolute atomic E-state index is 0.00968. The van der Waals surface area contributed by atoms with Gasteiger partial charge in [0.25, 0.3) is 0 Å². The zero-order chi connectivity index (χ0) is 25.8. The molecule has 1 heterocycles. The van der Waals surface area contributed by atoms with Crippen molar-refractivity contribution in [2.75, 3.05) is 28.4 Å². The normalized spacial score (nSPS) is 17.2. The van der Waals surface area contributed by atoms with Gasteiger partial charge in [-0.2, -0.15) is 0 Å². The van der Waals surface area contributed by atoms with Crippen LogP contribution in [0.2, 0.25) is 0 Å². The lowest BCUT2D eigenvalue weighted by Gasteiger charge is -2.34. The molecule has 0 amide bonds. The number of carbonyl (C=O) groups is 2. The summed E-state index contributed by atoms with van der Waals surface area (Å²) in [5.41, 5.74) is 3.97. The summed E-state index contributed by atoms with van der Waals surface area (Å²) in [5, 5.41) is 3.31. The van der Waals surface area contributed by atoms with E-state index in [1.807, 2.05) is 31.2 Å². The van der Waals surface area contributed by atoms with E-state index in [1.54, 1.807) is 19.2 Å². The third kappa shape index (κ3) is 4.76. The smallest absolute Gasteiger partial charge is 0.337 e. The summed E-state index contributed by atoms with van der Waals surface area (Å²) in [7, 11) is 6.19. The Morgan fingerprint density at radius 2 is 1.61 bits per heavy atom. The number of methoxy groups -OCH3 is 4. The van der Waals surface area contributed by atoms with Gasteiger partial charge in [0, 0.05) is 29.3 Å². The van der Waals surface area contributed by atoms with E-state index in [-0.39, 0.29) is 12.4 Å². The molecule has 4 rings (SSSR count). The molecule has 0 fully saturated rings. The van der Waals surface area contributed by atoms with Crippen LogP contribution < -0.4 is 24.3 Å². The number of rotatable bonds is 8. The average molecular weight is 494 g/mol. The Morgan fingerprint density at radius 3 is 2.19 bits per heavy atom. The first kappa shape index (κ1) is 25.2. The third-order valence-corrected chi connectivity index (χ3v) is 6.55. The molecule has 36 heavy (non-hydrogen) atoms. The number of dihydropyridines is 1. The van der Waals surface area contributed by atoms with Crippen molar-refractivity contribution in [2.24, 2.45) is 0 Å². The number of allylic oxidation sites excluding steroid dienone is 3. The fourth-order valence-corrected chi connectivity index (χ4v) is 4.80. The fourth-order valence-electron chi connectivity index (χ4n) is 4.80. The summed E-state index contributed by atoms with van der Waals surface area (Å²) in [5.74, 6) is 0.920. The van der Waals surface area contributed by atoms with E-state index in [9.17, 15) is 9.59 Å². The maximum Gasteiger partial charge on any atom is 0.337 e. The van der Waals surface area contributed by atoms with Crippen molar-refractivity contribution in [3.63, 3.8) is 0 Å². The average Bonchev–Trinajstić information content (AvgIpc) is 2.90. The molecule has 190 valence electrons. The van der Waals surface area contributed by atoms with Gasteiger partial charge in [0.2, 0.25) is 5.75 Å². The molecule has 2 aliphatic rings. The lowest BCUT2D eigenvalue weighted by molar-refractivity contribution is -0.140. The summed E-state index contributed by atoms with van der Waals surface area (Å²) in [4.78, 5) is 26.7. The maximum absolute atomic E-state index is 13.5. The topological polar surface area (TPSA) is 92.3 Å². The molecule has 0 saturated heterocycles. The SMILES string of the molecule is COc1ccc(COC(=O)C2=C(C)NC3=C(C(=O)CCC3)[C@@H]2c2cc(OC)c(OC)c(OC)c2)cc1. The van der Waals surface area contributed by atoms with Gasteiger partial charge in [0.1, 0.15) is 12.4 Å². The molecular formula is C28H31NO7. The summed E-state index contributed by atoms with van der Waals surface area (Å²) in [6.45, 7) is 1.92. The minimum Gasteiger partial charge on any atom is -0.497 e. The quantitative estimate of drug-likeness (QED) is 0.540. The largest absolute Gasteiger partial charge is 0.497 e. The Morgan fingerprint density at radius 1 is 0.944 bits per heavy atom. The van der Waals surface area contributed by atoms with Gasteiger partial charge in [-0.25, -0.2) is 4.79 Å². The van der Waals surface area contributed by atoms with E-state index in [1.165, 1.54) is 21.3 Å². The molecule has 0 unspecified atom stereocenters. The number of hydrogen-bond acceptors (Lipinski definition) is 8. The van der Waals surface area contributed by atoms with E-state index in [4.69, 9.17) is 23.7 Å². The van der Waals surface area contributed by atoms with Crippen molar-refractivity contribution in [3.8, 4) is 23.0 Å². The number of ketones is 1. The molecule has 1 aliphatic heterocycles. The standard InChI is InChI=1S/C28H31NO7/c1-16-24(28(31)36-15-17-9-11-19(32-2)12-10-17)25(26-20(29-16)7-6-8-21(26)30)18-13-22(33-3)27(35-5)23(14-18)34-4/h9-14,25,29H,6-8,15H2,1-5H3/t25-/m1/s1. The monoisotopic (exact) mass is 493 g/mol. The Balaban J connectivity index is 1.76. The van der Waals surface area contributed by atoms with E-state index in [0.717, 1.165) is 29.9 Å². The van der Waals surface area contributed by atoms with Crippen LogP contribution in [-0.4, -0.2) is 40.2 Å². The van der Waals surface area contributed by atoms with Gasteiger partial charge >= 0.3 is 5.97 Å². The van der Waals surface area contributed by atoms with E-state index in [2.05, 4.69) is 5.32 Å². The highest BCUT2D eigenvalue weighted by Crippen LogP contribution is 2.47. The Bertz CT molecular complexity index is 1200. The van der Waals surface area contributed by atoms with Gasteiger partial charge in [-0.15, -0.1) is 0 Å². The van der Waals surface area contributed by atoms with Crippen LogP contribution >= 0.6 is 0 Å². The molecule has 0 saturated carbocycles. The second-order valence-electron chi connectivity index (χ2n) is 8.65. The van der Waals surface area contributed by atoms with Gasteiger partial charge in [0.05, 0.1) is 34.0 Å². The Labute approximate surface area is 210 Å². The van der Waals surface area contributed by atoms with Crippen molar-refractivity contribution in [3.05, 3.63) is 70.1 Å². The molecule has 0 radical (unpaired) electrons. The number of carbonyl (C=O) groups excluding carboxylic acids is 2. The lowest BCUT2D eigenvalue weighted by Crippen LogP contribution is -2.34. The predicted octanol–water partition coefficient (Wildman–Crippen LogP) is 4.43. The zero-order valence-corrected chi connectivity index (χ0v) is 21.2. The Hall–Kier alpha value is -3.94. The molecule has 1 atom stereocenters. The molecule has 8 heteroatoms. The van der Waals surface area contributed by atoms with Crippen LogP contribution in [0.25, 0.3) is 0 Å². The molecular weight excluding hydrogens is 462 g/mol. The number of benzene rings is 2. The fraction of sp³-hybridized carbons (Fsp3) is 0.357. The van der Waals surface area contributed by atoms with Gasteiger partial charge in [-0.3, -0.25) is 4.79 Å². The first-order valence-electron chi connectivity index (χ1n) is 11.8. The third-order valence-electron chi connectivity index (χ3n) is 6.55. The van der Waals surface area contributed by atoms with Crippen molar-refractivity contribution < 1.29 is 33.3 Å². The maximum atomic E-state index is 13.5. The predicted molar refractivity (Wildman–Crippen MR) is 133 cm³/mol. The Kier molecular flexibility index (Phi) is 7.52. The molecule has 2 aromatic rings. The van der Waals surface area contributed by atoms with Crippen LogP contribution in [0.1, 0.15) is 43.2 Å². The molecule has 1 N–H and O–H groups in total. The van der Waals surface area contributed by atoms with Crippen molar-refractivity contribution in [1.82, 2.24) is 5.32 Å². The number of ether oxygens (including phenoxy) is 5. The summed E-state index contributed by atoms with van der Waals surface area (Å²) >= 11 is 0. The van der Waals surface area contributed by atoms with Gasteiger partial charge in [-0.1, -0.05) is 12.1 Å². The van der Waals surface area contributed by atoms with Crippen LogP contribution in [0.3, 0.4) is 0 Å². The van der Waals surface area contributed by atoms with E-state index >= 15 is 0 Å². The first-order chi connectivity index (χ1) is 17.4. The van der Waals surface area contributed by atoms with Crippen LogP contribution in [0.4, 0.5) is 0 Å². The molecule has 2 aromatic carbocycles. The van der Waals surface area contributed by atoms with Gasteiger partial charge in [-0.05, 0) is 55.2 Å². The zero-order valence-electron chi connectivity index (χ0n) is 21.2. The van der Waals surface area contributed by atoms with Crippen LogP contribution in [0.15, 0.2) is 58.9 Å². The second-order valence-corrected chi connectivity index (χ2v) is 8.65. The molecule has 1 aliphatic carbocycles. The van der Waals surface area contributed by atoms with E-state index < -0.39 is 11.9 Å². The summed E-state index contributed by atoms with van der Waals surface area (Å²) < 4.78 is 27.5. The second kappa shape index (κ2) is 10.8. The summed E-state index contributed by atoms with van der Waals surface area (Å²) in [6.07, 6.45) is 1.92.